The van der Waals surface area contributed by atoms with Gasteiger partial charge >= 0.3 is 5.91 Å². The first-order chi connectivity index (χ1) is 11.1. The maximum atomic E-state index is 12.4. The molecule has 0 atom stereocenters. The van der Waals surface area contributed by atoms with Crippen LogP contribution in [-0.2, 0) is 11.2 Å². The molecule has 4 heteroatoms. The van der Waals surface area contributed by atoms with Gasteiger partial charge in [0.05, 0.1) is 17.9 Å². The maximum absolute atomic E-state index is 12.4. The Balaban J connectivity index is 1.68. The van der Waals surface area contributed by atoms with Gasteiger partial charge in [-0.1, -0.05) is 29.8 Å². The second kappa shape index (κ2) is 5.23. The number of hydrogen-bond donors (Lipinski definition) is 0. The summed E-state index contributed by atoms with van der Waals surface area (Å²) in [5, 5.41) is 0. The molecule has 0 N–H and O–H groups in total. The molecule has 1 amide bonds. The van der Waals surface area contributed by atoms with E-state index in [4.69, 9.17) is 0 Å². The number of hydrogen-bond acceptors (Lipinski definition) is 3. The topological polar surface area (TPSA) is 40.6 Å². The summed E-state index contributed by atoms with van der Waals surface area (Å²) in [6, 6.07) is 13.7. The molecule has 0 aromatic heterocycles. The quantitative estimate of drug-likeness (QED) is 0.801. The van der Waals surface area contributed by atoms with Gasteiger partial charge in [0.2, 0.25) is 0 Å². The molecular weight excluding hydrogens is 288 g/mol. The molecule has 0 radical (unpaired) electrons. The lowest BCUT2D eigenvalue weighted by Crippen LogP contribution is -2.43. The van der Waals surface area contributed by atoms with Crippen LogP contribution in [0.5, 0.6) is 0 Å². The van der Waals surface area contributed by atoms with Crippen LogP contribution in [0.4, 0.5) is 11.4 Å². The average molecular weight is 306 g/mol. The largest absolute Gasteiger partial charge is 0.353 e. The first-order valence-electron chi connectivity index (χ1n) is 7.95. The first-order valence-corrected chi connectivity index (χ1v) is 7.95. The van der Waals surface area contributed by atoms with Crippen molar-refractivity contribution in [2.75, 3.05) is 23.0 Å². The SMILES string of the molecule is Cc1ccc2c(c1)CCCN2CN1C(=O)C(=O)c2ccccc21. The van der Waals surface area contributed by atoms with Gasteiger partial charge in [-0.05, 0) is 43.5 Å². The van der Waals surface area contributed by atoms with E-state index in [0.29, 0.717) is 12.2 Å². The van der Waals surface area contributed by atoms with E-state index in [1.54, 1.807) is 17.0 Å². The van der Waals surface area contributed by atoms with Crippen LogP contribution in [0.2, 0.25) is 0 Å². The average Bonchev–Trinajstić information content (AvgIpc) is 2.80. The van der Waals surface area contributed by atoms with Crippen LogP contribution in [0.25, 0.3) is 0 Å². The molecule has 23 heavy (non-hydrogen) atoms. The third-order valence-corrected chi connectivity index (χ3v) is 4.64. The number of ketones is 1. The number of nitrogens with zero attached hydrogens (tertiary/aromatic N) is 2. The summed E-state index contributed by atoms with van der Waals surface area (Å²) in [4.78, 5) is 28.3. The molecule has 4 nitrogen and oxygen atoms in total. The summed E-state index contributed by atoms with van der Waals surface area (Å²) in [6.45, 7) is 3.42. The summed E-state index contributed by atoms with van der Waals surface area (Å²) >= 11 is 0. The highest BCUT2D eigenvalue weighted by Crippen LogP contribution is 2.32. The van der Waals surface area contributed by atoms with Gasteiger partial charge in [0.25, 0.3) is 5.78 Å². The summed E-state index contributed by atoms with van der Waals surface area (Å²) < 4.78 is 0. The van der Waals surface area contributed by atoms with Crippen LogP contribution in [-0.4, -0.2) is 24.9 Å². The van der Waals surface area contributed by atoms with Gasteiger partial charge in [-0.3, -0.25) is 14.5 Å². The number of carbonyl (C=O) groups is 2. The smallest absolute Gasteiger partial charge is 0.300 e. The second-order valence-corrected chi connectivity index (χ2v) is 6.22. The molecule has 0 spiro atoms. The highest BCUT2D eigenvalue weighted by Gasteiger charge is 2.36. The normalized spacial score (nSPS) is 16.6. The number of anilines is 2. The van der Waals surface area contributed by atoms with E-state index in [-0.39, 0.29) is 0 Å². The van der Waals surface area contributed by atoms with Crippen molar-refractivity contribution in [3.63, 3.8) is 0 Å². The molecule has 0 unspecified atom stereocenters. The Labute approximate surface area is 135 Å². The zero-order valence-electron chi connectivity index (χ0n) is 13.1. The summed E-state index contributed by atoms with van der Waals surface area (Å²) in [7, 11) is 0. The molecule has 0 fully saturated rings. The van der Waals surface area contributed by atoms with Gasteiger partial charge in [0, 0.05) is 12.2 Å². The number of carbonyl (C=O) groups excluding carboxylic acids is 2. The highest BCUT2D eigenvalue weighted by atomic mass is 16.2. The van der Waals surface area contributed by atoms with Crippen molar-refractivity contribution in [3.8, 4) is 0 Å². The van der Waals surface area contributed by atoms with Crippen molar-refractivity contribution in [1.29, 1.82) is 0 Å². The Bertz CT molecular complexity index is 813. The fourth-order valence-corrected chi connectivity index (χ4v) is 3.51. The van der Waals surface area contributed by atoms with E-state index < -0.39 is 11.7 Å². The van der Waals surface area contributed by atoms with Crippen molar-refractivity contribution in [1.82, 2.24) is 0 Å². The van der Waals surface area contributed by atoms with E-state index in [1.807, 2.05) is 12.1 Å². The van der Waals surface area contributed by atoms with Crippen molar-refractivity contribution in [3.05, 3.63) is 59.2 Å². The lowest BCUT2D eigenvalue weighted by molar-refractivity contribution is -0.114. The number of fused-ring (bicyclic) bond motifs is 2. The standard InChI is InChI=1S/C19H18N2O2/c1-13-8-9-16-14(11-13)5-4-10-20(16)12-21-17-7-3-2-6-15(17)18(22)19(21)23/h2-3,6-9,11H,4-5,10,12H2,1H3. The van der Waals surface area contributed by atoms with Gasteiger partial charge in [-0.15, -0.1) is 0 Å². The van der Waals surface area contributed by atoms with Crippen LogP contribution < -0.4 is 9.80 Å². The van der Waals surface area contributed by atoms with Crippen LogP contribution >= 0.6 is 0 Å². The van der Waals surface area contributed by atoms with E-state index in [1.165, 1.54) is 16.8 Å². The van der Waals surface area contributed by atoms with Crippen molar-refractivity contribution < 1.29 is 9.59 Å². The molecule has 4 rings (SSSR count). The molecule has 2 aliphatic heterocycles. The Morgan fingerprint density at radius 1 is 1.04 bits per heavy atom. The van der Waals surface area contributed by atoms with Gasteiger partial charge < -0.3 is 4.90 Å². The number of rotatable bonds is 2. The molecule has 116 valence electrons. The van der Waals surface area contributed by atoms with Crippen LogP contribution in [0.1, 0.15) is 27.9 Å². The number of aryl methyl sites for hydroxylation is 2. The van der Waals surface area contributed by atoms with Crippen LogP contribution in [0, 0.1) is 6.92 Å². The summed E-state index contributed by atoms with van der Waals surface area (Å²) in [5.41, 5.74) is 4.98. The zero-order chi connectivity index (χ0) is 16.0. The number of Topliss-reactive ketones (excluding diaryl/α,β-unsaturated/α-hetero) is 1. The van der Waals surface area contributed by atoms with E-state index >= 15 is 0 Å². The number of benzene rings is 2. The second-order valence-electron chi connectivity index (χ2n) is 6.22. The summed E-state index contributed by atoms with van der Waals surface area (Å²) in [6.07, 6.45) is 2.13. The van der Waals surface area contributed by atoms with E-state index in [9.17, 15) is 9.59 Å². The van der Waals surface area contributed by atoms with Crippen LogP contribution in [0.3, 0.4) is 0 Å². The third-order valence-electron chi connectivity index (χ3n) is 4.64. The minimum absolute atomic E-state index is 0.401. The minimum atomic E-state index is -0.426. The molecule has 2 aromatic rings. The predicted octanol–water partition coefficient (Wildman–Crippen LogP) is 2.93. The Morgan fingerprint density at radius 3 is 2.74 bits per heavy atom. The Morgan fingerprint density at radius 2 is 1.87 bits per heavy atom. The fourth-order valence-electron chi connectivity index (χ4n) is 3.51. The van der Waals surface area contributed by atoms with E-state index in [0.717, 1.165) is 25.1 Å². The minimum Gasteiger partial charge on any atom is -0.353 e. The number of amides is 1. The number of para-hydroxylation sites is 1. The lowest BCUT2D eigenvalue weighted by Gasteiger charge is -2.34. The molecule has 0 saturated carbocycles. The third kappa shape index (κ3) is 2.22. The fraction of sp³-hybridized carbons (Fsp3) is 0.263. The van der Waals surface area contributed by atoms with Crippen molar-refractivity contribution in [2.24, 2.45) is 0 Å². The molecule has 0 bridgehead atoms. The summed E-state index contributed by atoms with van der Waals surface area (Å²) in [5.74, 6) is -0.827. The Hall–Kier alpha value is -2.62. The van der Waals surface area contributed by atoms with Crippen molar-refractivity contribution >= 4 is 23.1 Å². The van der Waals surface area contributed by atoms with Crippen LogP contribution in [0.15, 0.2) is 42.5 Å². The highest BCUT2D eigenvalue weighted by molar-refractivity contribution is 6.52. The first kappa shape index (κ1) is 14.0. The molecular formula is C19H18N2O2. The van der Waals surface area contributed by atoms with Crippen molar-refractivity contribution in [2.45, 2.75) is 19.8 Å². The lowest BCUT2D eigenvalue weighted by atomic mass is 10.00. The molecule has 2 aromatic carbocycles. The van der Waals surface area contributed by atoms with Gasteiger partial charge in [-0.25, -0.2) is 0 Å². The molecule has 2 aliphatic rings. The molecule has 2 heterocycles. The zero-order valence-corrected chi connectivity index (χ0v) is 13.1. The maximum Gasteiger partial charge on any atom is 0.300 e. The van der Waals surface area contributed by atoms with Gasteiger partial charge in [0.15, 0.2) is 0 Å². The molecule has 0 saturated heterocycles. The van der Waals surface area contributed by atoms with Gasteiger partial charge in [0.1, 0.15) is 0 Å². The molecule has 0 aliphatic carbocycles. The van der Waals surface area contributed by atoms with E-state index in [2.05, 4.69) is 30.0 Å². The van der Waals surface area contributed by atoms with Gasteiger partial charge in [-0.2, -0.15) is 0 Å². The predicted molar refractivity (Wildman–Crippen MR) is 90.0 cm³/mol. The monoisotopic (exact) mass is 306 g/mol. The Kier molecular flexibility index (Phi) is 3.18.